The highest BCUT2D eigenvalue weighted by Crippen LogP contribution is 2.50. The Kier molecular flexibility index (Phi) is 4.42. The summed E-state index contributed by atoms with van der Waals surface area (Å²) < 4.78 is 0. The molecule has 0 bridgehead atoms. The fraction of sp³-hybridized carbons (Fsp3) is 0.579. The number of amides is 1. The summed E-state index contributed by atoms with van der Waals surface area (Å²) in [6, 6.07) is 8.20. The van der Waals surface area contributed by atoms with E-state index in [1.165, 1.54) is 11.1 Å². The lowest BCUT2D eigenvalue weighted by atomic mass is 9.90. The van der Waals surface area contributed by atoms with E-state index in [9.17, 15) is 9.59 Å². The van der Waals surface area contributed by atoms with E-state index in [0.717, 1.165) is 38.6 Å². The van der Waals surface area contributed by atoms with Crippen LogP contribution in [0.1, 0.15) is 49.7 Å². The van der Waals surface area contributed by atoms with E-state index in [-0.39, 0.29) is 23.7 Å². The normalized spacial score (nSPS) is 23.2. The third kappa shape index (κ3) is 3.26. The van der Waals surface area contributed by atoms with Crippen molar-refractivity contribution >= 4 is 11.9 Å². The van der Waals surface area contributed by atoms with Crippen molar-refractivity contribution in [3.63, 3.8) is 0 Å². The van der Waals surface area contributed by atoms with Crippen molar-refractivity contribution in [2.75, 3.05) is 13.1 Å². The first-order valence-corrected chi connectivity index (χ1v) is 8.60. The highest BCUT2D eigenvalue weighted by molar-refractivity contribution is 5.91. The molecule has 4 heteroatoms. The Morgan fingerprint density at radius 3 is 2.61 bits per heavy atom. The number of benzene rings is 1. The first-order valence-electron chi connectivity index (χ1n) is 8.60. The maximum absolute atomic E-state index is 13.1. The van der Waals surface area contributed by atoms with E-state index in [0.29, 0.717) is 6.54 Å². The fourth-order valence-corrected chi connectivity index (χ4v) is 3.96. The number of rotatable bonds is 4. The van der Waals surface area contributed by atoms with Gasteiger partial charge >= 0.3 is 5.97 Å². The topological polar surface area (TPSA) is 57.6 Å². The second kappa shape index (κ2) is 6.34. The molecule has 3 rings (SSSR count). The highest BCUT2D eigenvalue weighted by Gasteiger charge is 2.53. The first-order chi connectivity index (χ1) is 11.0. The summed E-state index contributed by atoms with van der Waals surface area (Å²) in [5.74, 6) is -0.268. The van der Waals surface area contributed by atoms with E-state index in [2.05, 4.69) is 19.1 Å². The average molecular weight is 315 g/mol. The molecule has 1 heterocycles. The summed E-state index contributed by atoms with van der Waals surface area (Å²) in [4.78, 5) is 26.0. The number of nitrogens with zero attached hydrogens (tertiary/aromatic N) is 1. The predicted molar refractivity (Wildman–Crippen MR) is 88.3 cm³/mol. The Labute approximate surface area is 137 Å². The smallest absolute Gasteiger partial charge is 0.303 e. The van der Waals surface area contributed by atoms with Crippen LogP contribution in [-0.4, -0.2) is 35.0 Å². The lowest BCUT2D eigenvalue weighted by Gasteiger charge is -2.27. The van der Waals surface area contributed by atoms with Gasteiger partial charge in [-0.05, 0) is 56.1 Å². The number of aryl methyl sites for hydroxylation is 1. The van der Waals surface area contributed by atoms with Gasteiger partial charge in [-0.25, -0.2) is 0 Å². The third-order valence-electron chi connectivity index (χ3n) is 5.42. The summed E-state index contributed by atoms with van der Waals surface area (Å²) in [6.45, 7) is 3.54. The zero-order valence-electron chi connectivity index (χ0n) is 13.8. The van der Waals surface area contributed by atoms with Gasteiger partial charge in [0.25, 0.3) is 0 Å². The molecule has 1 aliphatic heterocycles. The average Bonchev–Trinajstić information content (AvgIpc) is 3.32. The summed E-state index contributed by atoms with van der Waals surface area (Å²) in [5.41, 5.74) is 2.06. The maximum atomic E-state index is 13.1. The predicted octanol–water partition coefficient (Wildman–Crippen LogP) is 3.13. The third-order valence-corrected chi connectivity index (χ3v) is 5.42. The number of carbonyl (C=O) groups is 2. The van der Waals surface area contributed by atoms with Gasteiger partial charge in [0.2, 0.25) is 5.91 Å². The molecular formula is C19H25NO3. The molecule has 1 N–H and O–H groups in total. The molecule has 1 saturated heterocycles. The fourth-order valence-electron chi connectivity index (χ4n) is 3.96. The Balaban J connectivity index is 1.71. The minimum absolute atomic E-state index is 0.207. The molecule has 1 unspecified atom stereocenters. The zero-order valence-corrected chi connectivity index (χ0v) is 13.8. The summed E-state index contributed by atoms with van der Waals surface area (Å²) >= 11 is 0. The zero-order chi connectivity index (χ0) is 16.4. The molecule has 2 aliphatic rings. The van der Waals surface area contributed by atoms with Crippen molar-refractivity contribution < 1.29 is 14.7 Å². The second-order valence-electron chi connectivity index (χ2n) is 7.08. The van der Waals surface area contributed by atoms with Crippen LogP contribution in [-0.2, 0) is 15.0 Å². The van der Waals surface area contributed by atoms with Gasteiger partial charge in [0, 0.05) is 19.5 Å². The molecule has 1 amide bonds. The van der Waals surface area contributed by atoms with Crippen LogP contribution in [0.2, 0.25) is 0 Å². The van der Waals surface area contributed by atoms with Gasteiger partial charge in [-0.3, -0.25) is 9.59 Å². The van der Waals surface area contributed by atoms with E-state index in [1.807, 2.05) is 17.0 Å². The molecule has 23 heavy (non-hydrogen) atoms. The summed E-state index contributed by atoms with van der Waals surface area (Å²) in [5, 5.41) is 8.97. The number of hydrogen-bond acceptors (Lipinski definition) is 2. The van der Waals surface area contributed by atoms with E-state index in [4.69, 9.17) is 5.11 Å². The van der Waals surface area contributed by atoms with Gasteiger partial charge in [-0.2, -0.15) is 0 Å². The molecule has 4 nitrogen and oxygen atoms in total. The van der Waals surface area contributed by atoms with E-state index >= 15 is 0 Å². The van der Waals surface area contributed by atoms with Gasteiger partial charge < -0.3 is 10.0 Å². The maximum Gasteiger partial charge on any atom is 0.303 e. The van der Waals surface area contributed by atoms with Crippen molar-refractivity contribution in [2.45, 2.75) is 50.9 Å². The molecule has 0 aromatic heterocycles. The van der Waals surface area contributed by atoms with E-state index < -0.39 is 5.97 Å². The largest absolute Gasteiger partial charge is 0.481 e. The van der Waals surface area contributed by atoms with Gasteiger partial charge in [0.05, 0.1) is 5.41 Å². The molecule has 1 aromatic rings. The number of hydrogen-bond donors (Lipinski definition) is 1. The Hall–Kier alpha value is -1.84. The van der Waals surface area contributed by atoms with Crippen molar-refractivity contribution in [2.24, 2.45) is 5.92 Å². The molecule has 1 atom stereocenters. The minimum Gasteiger partial charge on any atom is -0.481 e. The van der Waals surface area contributed by atoms with Crippen LogP contribution in [0.3, 0.4) is 0 Å². The molecule has 124 valence electrons. The van der Waals surface area contributed by atoms with Crippen molar-refractivity contribution in [1.29, 1.82) is 0 Å². The van der Waals surface area contributed by atoms with Crippen molar-refractivity contribution in [3.8, 4) is 0 Å². The quantitative estimate of drug-likeness (QED) is 0.928. The monoisotopic (exact) mass is 315 g/mol. The van der Waals surface area contributed by atoms with Crippen LogP contribution < -0.4 is 0 Å². The highest BCUT2D eigenvalue weighted by atomic mass is 16.4. The SMILES string of the molecule is Cc1ccccc1C1(C(=O)N2CCCC(CC(=O)O)CC2)CC1. The van der Waals surface area contributed by atoms with E-state index in [1.54, 1.807) is 0 Å². The van der Waals surface area contributed by atoms with Gasteiger partial charge in [-0.1, -0.05) is 24.3 Å². The number of carboxylic acids is 1. The minimum atomic E-state index is -0.728. The molecule has 1 aromatic carbocycles. The van der Waals surface area contributed by atoms with Gasteiger partial charge in [-0.15, -0.1) is 0 Å². The lowest BCUT2D eigenvalue weighted by Crippen LogP contribution is -2.40. The number of likely N-dealkylation sites (tertiary alicyclic amines) is 1. The van der Waals surface area contributed by atoms with Gasteiger partial charge in [0.1, 0.15) is 0 Å². The van der Waals surface area contributed by atoms with Crippen molar-refractivity contribution in [1.82, 2.24) is 4.90 Å². The lowest BCUT2D eigenvalue weighted by molar-refractivity contribution is -0.138. The second-order valence-corrected chi connectivity index (χ2v) is 7.08. The Morgan fingerprint density at radius 2 is 1.96 bits per heavy atom. The van der Waals surface area contributed by atoms with Gasteiger partial charge in [0.15, 0.2) is 0 Å². The van der Waals surface area contributed by atoms with Crippen LogP contribution in [0.5, 0.6) is 0 Å². The van der Waals surface area contributed by atoms with Crippen LogP contribution in [0.25, 0.3) is 0 Å². The van der Waals surface area contributed by atoms with Crippen LogP contribution in [0.4, 0.5) is 0 Å². The first kappa shape index (κ1) is 16.0. The molecule has 2 fully saturated rings. The summed E-state index contributed by atoms with van der Waals surface area (Å²) in [6.07, 6.45) is 4.73. The van der Waals surface area contributed by atoms with Crippen LogP contribution >= 0.6 is 0 Å². The van der Waals surface area contributed by atoms with Crippen molar-refractivity contribution in [3.05, 3.63) is 35.4 Å². The molecule has 0 radical (unpaired) electrons. The molecule has 0 spiro atoms. The Morgan fingerprint density at radius 1 is 1.22 bits per heavy atom. The van der Waals surface area contributed by atoms with Crippen LogP contribution in [0.15, 0.2) is 24.3 Å². The molecule has 1 saturated carbocycles. The van der Waals surface area contributed by atoms with Crippen LogP contribution in [0, 0.1) is 12.8 Å². The number of carboxylic acid groups (broad SMARTS) is 1. The molecule has 1 aliphatic carbocycles. The molecular weight excluding hydrogens is 290 g/mol. The Bertz CT molecular complexity index is 606. The summed E-state index contributed by atoms with van der Waals surface area (Å²) in [7, 11) is 0. The standard InChI is InChI=1S/C19H25NO3/c1-14-5-2-3-7-16(14)19(9-10-19)18(23)20-11-4-6-15(8-12-20)13-17(21)22/h2-3,5,7,15H,4,6,8-13H2,1H3,(H,21,22). The number of aliphatic carboxylic acids is 1. The number of carbonyl (C=O) groups excluding carboxylic acids is 1.